The molecular weight excluding hydrogens is 441 g/mol. The SMILES string of the molecule is O=C(NCCN1CCOCC1)C(=O)NC[C@H](c1ccco1)N1CCN(c2ccccc2F)CC1. The van der Waals surface area contributed by atoms with Gasteiger partial charge in [0.25, 0.3) is 0 Å². The molecule has 1 aromatic carbocycles. The van der Waals surface area contributed by atoms with Crippen LogP contribution < -0.4 is 15.5 Å². The lowest BCUT2D eigenvalue weighted by Gasteiger charge is -2.39. The summed E-state index contributed by atoms with van der Waals surface area (Å²) in [7, 11) is 0. The summed E-state index contributed by atoms with van der Waals surface area (Å²) in [5, 5.41) is 5.43. The minimum Gasteiger partial charge on any atom is -0.468 e. The van der Waals surface area contributed by atoms with Crippen molar-refractivity contribution >= 4 is 17.5 Å². The Balaban J connectivity index is 1.27. The second-order valence-electron chi connectivity index (χ2n) is 8.43. The van der Waals surface area contributed by atoms with E-state index in [2.05, 4.69) is 20.4 Å². The molecule has 184 valence electrons. The van der Waals surface area contributed by atoms with Gasteiger partial charge in [-0.15, -0.1) is 0 Å². The average molecular weight is 474 g/mol. The fraction of sp³-hybridized carbons (Fsp3) is 0.500. The molecule has 9 nitrogen and oxygen atoms in total. The van der Waals surface area contributed by atoms with E-state index in [0.29, 0.717) is 63.9 Å². The van der Waals surface area contributed by atoms with Crippen molar-refractivity contribution < 1.29 is 23.1 Å². The highest BCUT2D eigenvalue weighted by atomic mass is 19.1. The van der Waals surface area contributed by atoms with Crippen LogP contribution in [0.5, 0.6) is 0 Å². The molecule has 10 heteroatoms. The molecule has 2 aliphatic heterocycles. The number of benzene rings is 1. The molecular formula is C24H32FN5O4. The lowest BCUT2D eigenvalue weighted by Crippen LogP contribution is -2.51. The second-order valence-corrected chi connectivity index (χ2v) is 8.43. The van der Waals surface area contributed by atoms with Crippen molar-refractivity contribution in [2.45, 2.75) is 6.04 Å². The van der Waals surface area contributed by atoms with Crippen LogP contribution in [-0.2, 0) is 14.3 Å². The highest BCUT2D eigenvalue weighted by molar-refractivity contribution is 6.35. The molecule has 0 aliphatic carbocycles. The van der Waals surface area contributed by atoms with Gasteiger partial charge in [-0.2, -0.15) is 0 Å². The van der Waals surface area contributed by atoms with Crippen molar-refractivity contribution in [3.05, 3.63) is 54.2 Å². The summed E-state index contributed by atoms with van der Waals surface area (Å²) < 4.78 is 25.1. The number of nitrogens with zero attached hydrogens (tertiary/aromatic N) is 3. The van der Waals surface area contributed by atoms with Gasteiger partial charge in [0.15, 0.2) is 0 Å². The molecule has 4 rings (SSSR count). The Kier molecular flexibility index (Phi) is 8.51. The van der Waals surface area contributed by atoms with Gasteiger partial charge in [0.1, 0.15) is 11.6 Å². The third kappa shape index (κ3) is 6.34. The van der Waals surface area contributed by atoms with E-state index in [9.17, 15) is 14.0 Å². The fourth-order valence-electron chi connectivity index (χ4n) is 4.38. The number of furan rings is 1. The van der Waals surface area contributed by atoms with Crippen LogP contribution in [-0.4, -0.2) is 93.7 Å². The monoisotopic (exact) mass is 473 g/mol. The summed E-state index contributed by atoms with van der Waals surface area (Å²) in [6.45, 7) is 7.01. The maximum atomic E-state index is 14.2. The molecule has 0 saturated carbocycles. The lowest BCUT2D eigenvalue weighted by molar-refractivity contribution is -0.139. The van der Waals surface area contributed by atoms with Crippen LogP contribution in [0.3, 0.4) is 0 Å². The standard InChI is InChI=1S/C24H32FN5O4/c25-19-4-1-2-5-20(19)29-9-11-30(12-10-29)21(22-6-3-15-34-22)18-27-24(32)23(31)26-7-8-28-13-16-33-17-14-28/h1-6,15,21H,7-14,16-18H2,(H,26,31)(H,27,32)/t21-/m1/s1. The summed E-state index contributed by atoms with van der Waals surface area (Å²) >= 11 is 0. The second kappa shape index (κ2) is 12.0. The van der Waals surface area contributed by atoms with Gasteiger partial charge in [0, 0.05) is 58.9 Å². The number of halogens is 1. The van der Waals surface area contributed by atoms with Gasteiger partial charge in [-0.3, -0.25) is 19.4 Å². The molecule has 2 saturated heterocycles. The quantitative estimate of drug-likeness (QED) is 0.550. The number of morpholine rings is 1. The maximum Gasteiger partial charge on any atom is 0.309 e. The van der Waals surface area contributed by atoms with E-state index in [1.807, 2.05) is 17.0 Å². The van der Waals surface area contributed by atoms with Gasteiger partial charge in [-0.05, 0) is 24.3 Å². The van der Waals surface area contributed by atoms with E-state index >= 15 is 0 Å². The predicted octanol–water partition coefficient (Wildman–Crippen LogP) is 0.847. The number of amides is 2. The Labute approximate surface area is 198 Å². The Morgan fingerprint density at radius 3 is 2.38 bits per heavy atom. The predicted molar refractivity (Wildman–Crippen MR) is 125 cm³/mol. The van der Waals surface area contributed by atoms with Crippen molar-refractivity contribution in [1.82, 2.24) is 20.4 Å². The summed E-state index contributed by atoms with van der Waals surface area (Å²) in [6, 6.07) is 10.2. The van der Waals surface area contributed by atoms with Crippen molar-refractivity contribution in [1.29, 1.82) is 0 Å². The zero-order chi connectivity index (χ0) is 23.8. The van der Waals surface area contributed by atoms with Gasteiger partial charge < -0.3 is 24.7 Å². The Hall–Kier alpha value is -2.95. The third-order valence-corrected chi connectivity index (χ3v) is 6.30. The molecule has 2 aliphatic rings. The molecule has 0 bridgehead atoms. The van der Waals surface area contributed by atoms with E-state index in [0.717, 1.165) is 13.1 Å². The van der Waals surface area contributed by atoms with E-state index in [-0.39, 0.29) is 18.4 Å². The van der Waals surface area contributed by atoms with Crippen molar-refractivity contribution in [3.8, 4) is 0 Å². The van der Waals surface area contributed by atoms with Gasteiger partial charge in [-0.1, -0.05) is 12.1 Å². The number of nitrogens with one attached hydrogen (secondary N) is 2. The molecule has 2 amide bonds. The molecule has 0 spiro atoms. The Morgan fingerprint density at radius 2 is 1.68 bits per heavy atom. The zero-order valence-electron chi connectivity index (χ0n) is 19.2. The topological polar surface area (TPSA) is 90.3 Å². The summed E-state index contributed by atoms with van der Waals surface area (Å²) in [4.78, 5) is 31.0. The minimum absolute atomic E-state index is 0.220. The first kappa shape index (κ1) is 24.2. The molecule has 0 radical (unpaired) electrons. The van der Waals surface area contributed by atoms with Crippen LogP contribution in [0.15, 0.2) is 47.1 Å². The first-order valence-corrected chi connectivity index (χ1v) is 11.7. The number of ether oxygens (including phenoxy) is 1. The van der Waals surface area contributed by atoms with Gasteiger partial charge in [-0.25, -0.2) is 4.39 Å². The van der Waals surface area contributed by atoms with Crippen LogP contribution in [0, 0.1) is 5.82 Å². The molecule has 1 aromatic heterocycles. The Bertz CT molecular complexity index is 927. The van der Waals surface area contributed by atoms with E-state index in [4.69, 9.17) is 9.15 Å². The van der Waals surface area contributed by atoms with E-state index < -0.39 is 11.8 Å². The molecule has 2 fully saturated rings. The number of rotatable bonds is 8. The largest absolute Gasteiger partial charge is 0.468 e. The molecule has 0 unspecified atom stereocenters. The number of para-hydroxylation sites is 1. The number of hydrogen-bond acceptors (Lipinski definition) is 7. The maximum absolute atomic E-state index is 14.2. The van der Waals surface area contributed by atoms with Crippen LogP contribution in [0.25, 0.3) is 0 Å². The lowest BCUT2D eigenvalue weighted by atomic mass is 10.1. The van der Waals surface area contributed by atoms with Crippen molar-refractivity contribution in [3.63, 3.8) is 0 Å². The van der Waals surface area contributed by atoms with Crippen molar-refractivity contribution in [2.75, 3.05) is 77.0 Å². The van der Waals surface area contributed by atoms with Gasteiger partial charge in [0.05, 0.1) is 31.2 Å². The number of carbonyl (C=O) groups excluding carboxylic acids is 2. The summed E-state index contributed by atoms with van der Waals surface area (Å²) in [6.07, 6.45) is 1.60. The zero-order valence-corrected chi connectivity index (χ0v) is 19.2. The molecule has 2 N–H and O–H groups in total. The number of carbonyl (C=O) groups is 2. The highest BCUT2D eigenvalue weighted by Crippen LogP contribution is 2.25. The highest BCUT2D eigenvalue weighted by Gasteiger charge is 2.28. The van der Waals surface area contributed by atoms with Crippen LogP contribution in [0.2, 0.25) is 0 Å². The van der Waals surface area contributed by atoms with E-state index in [1.54, 1.807) is 24.5 Å². The third-order valence-electron chi connectivity index (χ3n) is 6.30. The normalized spacial score (nSPS) is 18.4. The van der Waals surface area contributed by atoms with Gasteiger partial charge in [0.2, 0.25) is 0 Å². The number of hydrogen-bond donors (Lipinski definition) is 2. The molecule has 1 atom stereocenters. The summed E-state index contributed by atoms with van der Waals surface area (Å²) in [5.41, 5.74) is 0.596. The number of piperazine rings is 1. The first-order valence-electron chi connectivity index (χ1n) is 11.7. The smallest absolute Gasteiger partial charge is 0.309 e. The summed E-state index contributed by atoms with van der Waals surface area (Å²) in [5.74, 6) is -0.822. The Morgan fingerprint density at radius 1 is 0.941 bits per heavy atom. The van der Waals surface area contributed by atoms with E-state index in [1.165, 1.54) is 6.07 Å². The van der Waals surface area contributed by atoms with Gasteiger partial charge >= 0.3 is 11.8 Å². The van der Waals surface area contributed by atoms with Crippen molar-refractivity contribution in [2.24, 2.45) is 0 Å². The molecule has 3 heterocycles. The average Bonchev–Trinajstić information content (AvgIpc) is 3.40. The first-order chi connectivity index (χ1) is 16.6. The molecule has 34 heavy (non-hydrogen) atoms. The molecule has 2 aromatic rings. The number of anilines is 1. The minimum atomic E-state index is -0.663. The van der Waals surface area contributed by atoms with Crippen LogP contribution in [0.1, 0.15) is 11.8 Å². The van der Waals surface area contributed by atoms with Crippen LogP contribution >= 0.6 is 0 Å². The fourth-order valence-corrected chi connectivity index (χ4v) is 4.38. The van der Waals surface area contributed by atoms with Crippen LogP contribution in [0.4, 0.5) is 10.1 Å².